The summed E-state index contributed by atoms with van der Waals surface area (Å²) in [5.74, 6) is -1.41. The van der Waals surface area contributed by atoms with E-state index in [1.165, 1.54) is 12.1 Å². The fraction of sp³-hybridized carbons (Fsp3) is 0.391. The molecule has 1 saturated heterocycles. The molecule has 1 heterocycles. The molecule has 2 fully saturated rings. The van der Waals surface area contributed by atoms with Crippen molar-refractivity contribution in [1.82, 2.24) is 4.90 Å². The average Bonchev–Trinajstić information content (AvgIpc) is 3.33. The Hall–Kier alpha value is -3.10. The van der Waals surface area contributed by atoms with E-state index in [-0.39, 0.29) is 29.0 Å². The van der Waals surface area contributed by atoms with Gasteiger partial charge < -0.3 is 15.0 Å². The largest absolute Gasteiger partial charge is 0.465 e. The number of benzene rings is 2. The topological polar surface area (TPSA) is 58.6 Å². The molecule has 0 spiro atoms. The molecule has 2 amide bonds. The number of anilines is 1. The Labute approximate surface area is 182 Å². The minimum Gasteiger partial charge on any atom is -0.465 e. The summed E-state index contributed by atoms with van der Waals surface area (Å²) in [6, 6.07) is 8.65. The van der Waals surface area contributed by atoms with Gasteiger partial charge in [0.25, 0.3) is 0 Å². The number of methoxy groups -OCH3 is 1. The molecule has 0 aromatic heterocycles. The van der Waals surface area contributed by atoms with Crippen LogP contribution in [-0.2, 0) is 10.9 Å². The third-order valence-electron chi connectivity index (χ3n) is 6.37. The van der Waals surface area contributed by atoms with E-state index in [4.69, 9.17) is 0 Å². The Bertz CT molecular complexity index is 1030. The number of halogens is 4. The van der Waals surface area contributed by atoms with Crippen LogP contribution >= 0.6 is 0 Å². The van der Waals surface area contributed by atoms with Gasteiger partial charge in [0.15, 0.2) is 0 Å². The fourth-order valence-electron chi connectivity index (χ4n) is 4.93. The number of likely N-dealkylation sites (tertiary alicyclic amines) is 1. The molecule has 1 aliphatic carbocycles. The van der Waals surface area contributed by atoms with E-state index < -0.39 is 29.6 Å². The van der Waals surface area contributed by atoms with Crippen molar-refractivity contribution in [2.24, 2.45) is 11.8 Å². The molecule has 32 heavy (non-hydrogen) atoms. The second-order valence-electron chi connectivity index (χ2n) is 8.29. The maximum atomic E-state index is 13.5. The van der Waals surface area contributed by atoms with E-state index >= 15 is 0 Å². The van der Waals surface area contributed by atoms with Gasteiger partial charge in [0.2, 0.25) is 0 Å². The lowest BCUT2D eigenvalue weighted by Gasteiger charge is -2.22. The molecular weight excluding hydrogens is 428 g/mol. The van der Waals surface area contributed by atoms with Crippen molar-refractivity contribution in [3.05, 3.63) is 65.0 Å². The van der Waals surface area contributed by atoms with Crippen LogP contribution in [-0.4, -0.2) is 37.1 Å². The third-order valence-corrected chi connectivity index (χ3v) is 6.37. The van der Waals surface area contributed by atoms with Crippen LogP contribution in [0.3, 0.4) is 0 Å². The van der Waals surface area contributed by atoms with Crippen molar-refractivity contribution in [2.45, 2.75) is 24.9 Å². The number of esters is 1. The number of fused-ring (bicyclic) bond motifs is 1. The van der Waals surface area contributed by atoms with Crippen LogP contribution in [0, 0.1) is 17.7 Å². The Balaban J connectivity index is 1.43. The van der Waals surface area contributed by atoms with Crippen molar-refractivity contribution in [3.63, 3.8) is 0 Å². The van der Waals surface area contributed by atoms with Gasteiger partial charge in [-0.1, -0.05) is 18.2 Å². The predicted octanol–water partition coefficient (Wildman–Crippen LogP) is 5.29. The summed E-state index contributed by atoms with van der Waals surface area (Å²) >= 11 is 0. The van der Waals surface area contributed by atoms with E-state index in [9.17, 15) is 27.2 Å². The number of rotatable bonds is 3. The normalized spacial score (nSPS) is 22.5. The molecule has 0 radical (unpaired) electrons. The van der Waals surface area contributed by atoms with Crippen LogP contribution in [0.15, 0.2) is 42.5 Å². The summed E-state index contributed by atoms with van der Waals surface area (Å²) in [5, 5.41) is 2.63. The Kier molecular flexibility index (Phi) is 5.83. The summed E-state index contributed by atoms with van der Waals surface area (Å²) in [4.78, 5) is 26.2. The fourth-order valence-corrected chi connectivity index (χ4v) is 4.93. The molecule has 3 atom stereocenters. The van der Waals surface area contributed by atoms with Gasteiger partial charge in [-0.15, -0.1) is 0 Å². The first-order valence-corrected chi connectivity index (χ1v) is 10.3. The van der Waals surface area contributed by atoms with E-state index in [2.05, 4.69) is 10.1 Å². The SMILES string of the molecule is COC(=O)c1cc(F)ccc1NC(=O)N1C[C@H]2CC(c3ccccc3C(F)(F)F)C[C@H]2C1. The number of carbonyl (C=O) groups excluding carboxylic acids is 2. The quantitative estimate of drug-likeness (QED) is 0.511. The zero-order valence-corrected chi connectivity index (χ0v) is 17.3. The number of nitrogens with zero attached hydrogens (tertiary/aromatic N) is 1. The Morgan fingerprint density at radius 3 is 2.34 bits per heavy atom. The zero-order valence-electron chi connectivity index (χ0n) is 17.3. The van der Waals surface area contributed by atoms with Crippen molar-refractivity contribution in [3.8, 4) is 0 Å². The highest BCUT2D eigenvalue weighted by molar-refractivity contribution is 6.00. The first-order valence-electron chi connectivity index (χ1n) is 10.3. The van der Waals surface area contributed by atoms with Crippen molar-refractivity contribution >= 4 is 17.7 Å². The molecule has 1 unspecified atom stereocenters. The molecular formula is C23H22F4N2O3. The molecule has 2 aromatic carbocycles. The van der Waals surface area contributed by atoms with E-state index in [0.717, 1.165) is 25.3 Å². The number of hydrogen-bond donors (Lipinski definition) is 1. The number of carbonyl (C=O) groups is 2. The highest BCUT2D eigenvalue weighted by Crippen LogP contribution is 2.48. The van der Waals surface area contributed by atoms with Crippen LogP contribution in [0.4, 0.5) is 28.0 Å². The summed E-state index contributed by atoms with van der Waals surface area (Å²) in [6.07, 6.45) is -3.25. The number of ether oxygens (including phenoxy) is 1. The first-order chi connectivity index (χ1) is 15.2. The van der Waals surface area contributed by atoms with Crippen molar-refractivity contribution < 1.29 is 31.9 Å². The summed E-state index contributed by atoms with van der Waals surface area (Å²) < 4.78 is 58.3. The van der Waals surface area contributed by atoms with Gasteiger partial charge in [-0.2, -0.15) is 13.2 Å². The summed E-state index contributed by atoms with van der Waals surface area (Å²) in [5.41, 5.74) is -0.230. The molecule has 5 nitrogen and oxygen atoms in total. The molecule has 4 rings (SSSR count). The molecule has 170 valence electrons. The standard InChI is InChI=1S/C23H22F4N2O3/c1-32-21(30)18-10-16(24)6-7-20(18)28-22(31)29-11-14-8-13(9-15(14)12-29)17-4-2-3-5-19(17)23(25,26)27/h2-7,10,13-15H,8-9,11-12H2,1H3,(H,28,31)/t13?,14-,15+. The minimum absolute atomic E-state index is 0.0935. The summed E-state index contributed by atoms with van der Waals surface area (Å²) in [7, 11) is 1.16. The lowest BCUT2D eigenvalue weighted by Crippen LogP contribution is -2.34. The van der Waals surface area contributed by atoms with Crippen LogP contribution < -0.4 is 5.32 Å². The first kappa shape index (κ1) is 22.1. The smallest absolute Gasteiger partial charge is 0.416 e. The van der Waals surface area contributed by atoms with E-state index in [1.54, 1.807) is 17.0 Å². The number of alkyl halides is 3. The highest BCUT2D eigenvalue weighted by atomic mass is 19.4. The van der Waals surface area contributed by atoms with Crippen LogP contribution in [0.25, 0.3) is 0 Å². The molecule has 1 saturated carbocycles. The second-order valence-corrected chi connectivity index (χ2v) is 8.29. The van der Waals surface area contributed by atoms with Gasteiger partial charge in [0.1, 0.15) is 5.82 Å². The predicted molar refractivity (Wildman–Crippen MR) is 109 cm³/mol. The minimum atomic E-state index is -4.40. The molecule has 2 aliphatic rings. The van der Waals surface area contributed by atoms with Gasteiger partial charge in [0.05, 0.1) is 23.9 Å². The molecule has 2 aromatic rings. The van der Waals surface area contributed by atoms with Crippen LogP contribution in [0.5, 0.6) is 0 Å². The number of hydrogen-bond acceptors (Lipinski definition) is 3. The third kappa shape index (κ3) is 4.28. The van der Waals surface area contributed by atoms with Gasteiger partial charge in [-0.3, -0.25) is 0 Å². The van der Waals surface area contributed by atoms with E-state index in [0.29, 0.717) is 31.5 Å². The van der Waals surface area contributed by atoms with Crippen molar-refractivity contribution in [1.29, 1.82) is 0 Å². The molecule has 1 aliphatic heterocycles. The van der Waals surface area contributed by atoms with Gasteiger partial charge in [-0.05, 0) is 60.4 Å². The van der Waals surface area contributed by atoms with Gasteiger partial charge >= 0.3 is 18.2 Å². The Morgan fingerprint density at radius 2 is 1.72 bits per heavy atom. The molecule has 0 bridgehead atoms. The maximum absolute atomic E-state index is 13.5. The lowest BCUT2D eigenvalue weighted by atomic mass is 9.91. The van der Waals surface area contributed by atoms with E-state index in [1.807, 2.05) is 0 Å². The number of nitrogens with one attached hydrogen (secondary N) is 1. The lowest BCUT2D eigenvalue weighted by molar-refractivity contribution is -0.138. The van der Waals surface area contributed by atoms with Crippen LogP contribution in [0.2, 0.25) is 0 Å². The summed E-state index contributed by atoms with van der Waals surface area (Å²) in [6.45, 7) is 0.825. The van der Waals surface area contributed by atoms with Crippen molar-refractivity contribution in [2.75, 3.05) is 25.5 Å². The second kappa shape index (κ2) is 8.44. The number of urea groups is 1. The number of amides is 2. The Morgan fingerprint density at radius 1 is 1.06 bits per heavy atom. The van der Waals surface area contributed by atoms with Gasteiger partial charge in [0, 0.05) is 13.1 Å². The highest BCUT2D eigenvalue weighted by Gasteiger charge is 2.45. The maximum Gasteiger partial charge on any atom is 0.416 e. The zero-order chi connectivity index (χ0) is 23.0. The van der Waals surface area contributed by atoms with Crippen LogP contribution in [0.1, 0.15) is 40.2 Å². The monoisotopic (exact) mass is 450 g/mol. The molecule has 9 heteroatoms. The molecule has 1 N–H and O–H groups in total. The van der Waals surface area contributed by atoms with Gasteiger partial charge in [-0.25, -0.2) is 14.0 Å². The average molecular weight is 450 g/mol.